The molecular formula is C34H40N2S. The summed E-state index contributed by atoms with van der Waals surface area (Å²) in [6.45, 7) is 10.2. The fourth-order valence-corrected chi connectivity index (χ4v) is 4.35. The third kappa shape index (κ3) is 9.27. The molecule has 1 N–H and O–H groups in total. The first-order valence-electron chi connectivity index (χ1n) is 13.3. The highest BCUT2D eigenvalue weighted by atomic mass is 32.1. The lowest BCUT2D eigenvalue weighted by molar-refractivity contribution is 0.934. The Hall–Kier alpha value is -3.27. The summed E-state index contributed by atoms with van der Waals surface area (Å²) < 4.78 is 0. The molecule has 3 heteroatoms. The van der Waals surface area contributed by atoms with E-state index in [1.54, 1.807) is 0 Å². The van der Waals surface area contributed by atoms with Gasteiger partial charge in [-0.05, 0) is 81.0 Å². The highest BCUT2D eigenvalue weighted by Gasteiger charge is 2.35. The van der Waals surface area contributed by atoms with Crippen LogP contribution in [-0.2, 0) is 0 Å². The van der Waals surface area contributed by atoms with E-state index in [0.717, 1.165) is 47.4 Å². The number of nitrogens with one attached hydrogen (secondary N) is 1. The van der Waals surface area contributed by atoms with Crippen molar-refractivity contribution in [2.45, 2.75) is 58.5 Å². The molecule has 2 unspecified atom stereocenters. The fraction of sp³-hybridized carbons (Fsp3) is 0.265. The average molecular weight is 509 g/mol. The summed E-state index contributed by atoms with van der Waals surface area (Å²) in [4.78, 5) is 3.02. The normalized spacial score (nSPS) is 20.1. The number of anilines is 1. The highest BCUT2D eigenvalue weighted by Crippen LogP contribution is 2.34. The Morgan fingerprint density at radius 1 is 1.08 bits per heavy atom. The van der Waals surface area contributed by atoms with Crippen LogP contribution in [0.5, 0.6) is 0 Å². The molecule has 1 heterocycles. The molecule has 1 aromatic rings. The molecule has 2 nitrogen and oxygen atoms in total. The molecule has 1 aliphatic carbocycles. The quantitative estimate of drug-likeness (QED) is 0.124. The zero-order chi connectivity index (χ0) is 26.5. The second kappa shape index (κ2) is 15.1. The summed E-state index contributed by atoms with van der Waals surface area (Å²) in [5, 5.41) is 3.61. The van der Waals surface area contributed by atoms with Crippen LogP contribution in [-0.4, -0.2) is 10.9 Å². The van der Waals surface area contributed by atoms with Crippen molar-refractivity contribution in [1.82, 2.24) is 5.32 Å². The summed E-state index contributed by atoms with van der Waals surface area (Å²) in [5.74, 6) is 0. The van der Waals surface area contributed by atoms with E-state index in [-0.39, 0.29) is 0 Å². The molecule has 0 saturated carbocycles. The maximum atomic E-state index is 5.70. The first-order chi connectivity index (χ1) is 18.0. The van der Waals surface area contributed by atoms with Crippen molar-refractivity contribution in [3.63, 3.8) is 0 Å². The smallest absolute Gasteiger partial charge is 0.0482 e. The van der Waals surface area contributed by atoms with E-state index in [1.165, 1.54) is 11.3 Å². The lowest BCUT2D eigenvalue weighted by atomic mass is 10.1. The van der Waals surface area contributed by atoms with E-state index >= 15 is 0 Å². The van der Waals surface area contributed by atoms with E-state index in [1.807, 2.05) is 44.2 Å². The van der Waals surface area contributed by atoms with Crippen molar-refractivity contribution >= 4 is 22.8 Å². The number of thiocarbonyl (C=S) groups is 1. The van der Waals surface area contributed by atoms with Gasteiger partial charge in [-0.3, -0.25) is 0 Å². The monoisotopic (exact) mass is 508 g/mol. The predicted molar refractivity (Wildman–Crippen MR) is 167 cm³/mol. The molecule has 0 amide bonds. The fourth-order valence-electron chi connectivity index (χ4n) is 4.14. The number of nitrogens with zero attached hydrogens (tertiary/aromatic N) is 1. The molecule has 192 valence electrons. The molecule has 0 radical (unpaired) electrons. The van der Waals surface area contributed by atoms with Gasteiger partial charge in [0.25, 0.3) is 0 Å². The summed E-state index contributed by atoms with van der Waals surface area (Å²) in [6.07, 6.45) is 33.8. The standard InChI is InChI=1S/C34H40N2S/c1-5-7-9-10-15-18-32-34(35-32)28-20-22-31(23-21-28)36(30-16-13-11-14-17-30)25-24-29(26-27(3)4)33(37)19-12-8-6-2/h6-10,12-13,15-17,19-26,32,34-35H,3,5,11,14,18H2,1-2,4H3/b8-6-,9-7-,15-10-,19-12-,25-24-,29-26+. The Balaban J connectivity index is 1.78. The van der Waals surface area contributed by atoms with Crippen LogP contribution in [0, 0.1) is 0 Å². The Kier molecular flexibility index (Phi) is 11.5. The van der Waals surface area contributed by atoms with Crippen LogP contribution in [0.25, 0.3) is 0 Å². The molecule has 37 heavy (non-hydrogen) atoms. The zero-order valence-corrected chi connectivity index (χ0v) is 23.3. The third-order valence-corrected chi connectivity index (χ3v) is 6.49. The van der Waals surface area contributed by atoms with Crippen molar-refractivity contribution < 1.29 is 0 Å². The third-order valence-electron chi connectivity index (χ3n) is 6.12. The van der Waals surface area contributed by atoms with E-state index in [9.17, 15) is 0 Å². The molecule has 0 aromatic heterocycles. The largest absolute Gasteiger partial charge is 0.318 e. The number of rotatable bonds is 13. The topological polar surface area (TPSA) is 25.2 Å². The first-order valence-corrected chi connectivity index (χ1v) is 13.7. The van der Waals surface area contributed by atoms with Crippen LogP contribution < -0.4 is 10.2 Å². The van der Waals surface area contributed by atoms with Gasteiger partial charge in [-0.25, -0.2) is 0 Å². The number of allylic oxidation sites excluding steroid dienone is 14. The molecule has 1 fully saturated rings. The molecule has 3 rings (SSSR count). The van der Waals surface area contributed by atoms with Gasteiger partial charge in [0.1, 0.15) is 0 Å². The van der Waals surface area contributed by atoms with Crippen molar-refractivity contribution in [3.05, 3.63) is 138 Å². The highest BCUT2D eigenvalue weighted by molar-refractivity contribution is 7.81. The van der Waals surface area contributed by atoms with Crippen molar-refractivity contribution in [2.75, 3.05) is 4.90 Å². The van der Waals surface area contributed by atoms with Crippen molar-refractivity contribution in [1.29, 1.82) is 0 Å². The van der Waals surface area contributed by atoms with Gasteiger partial charge in [0.15, 0.2) is 0 Å². The summed E-state index contributed by atoms with van der Waals surface area (Å²) >= 11 is 5.70. The maximum absolute atomic E-state index is 5.70. The Bertz CT molecular complexity index is 1170. The first kappa shape index (κ1) is 28.3. The summed E-state index contributed by atoms with van der Waals surface area (Å²) in [6, 6.07) is 9.87. The zero-order valence-electron chi connectivity index (χ0n) is 22.4. The van der Waals surface area contributed by atoms with Crippen LogP contribution in [0.15, 0.2) is 133 Å². The number of benzene rings is 1. The Morgan fingerprint density at radius 3 is 2.54 bits per heavy atom. The molecule has 1 saturated heterocycles. The van der Waals surface area contributed by atoms with Gasteiger partial charge in [-0.15, -0.1) is 0 Å². The molecule has 1 aliphatic heterocycles. The lowest BCUT2D eigenvalue weighted by Gasteiger charge is -2.24. The summed E-state index contributed by atoms with van der Waals surface area (Å²) in [7, 11) is 0. The van der Waals surface area contributed by atoms with Gasteiger partial charge in [-0.1, -0.05) is 104 Å². The molecule has 1 aromatic carbocycles. The van der Waals surface area contributed by atoms with Gasteiger partial charge < -0.3 is 10.2 Å². The van der Waals surface area contributed by atoms with Crippen LogP contribution >= 0.6 is 12.2 Å². The second-order valence-electron chi connectivity index (χ2n) is 9.33. The van der Waals surface area contributed by atoms with Gasteiger partial charge >= 0.3 is 0 Å². The predicted octanol–water partition coefficient (Wildman–Crippen LogP) is 9.17. The Labute approximate surface area is 229 Å². The van der Waals surface area contributed by atoms with Gasteiger partial charge in [0.05, 0.1) is 0 Å². The van der Waals surface area contributed by atoms with Crippen LogP contribution in [0.4, 0.5) is 5.69 Å². The SMILES string of the molecule is C=C(C)/C=C(\C=C/N(C1=CCCC=C1)c1ccc(C2NC2C/C=C\C=C/CC)cc1)C(=S)/C=C\C=C/C. The van der Waals surface area contributed by atoms with Gasteiger partial charge in [-0.2, -0.15) is 0 Å². The van der Waals surface area contributed by atoms with Crippen LogP contribution in [0.3, 0.4) is 0 Å². The van der Waals surface area contributed by atoms with Crippen LogP contribution in [0.2, 0.25) is 0 Å². The number of hydrogen-bond donors (Lipinski definition) is 1. The molecule has 0 spiro atoms. The van der Waals surface area contributed by atoms with Crippen LogP contribution in [0.1, 0.15) is 58.1 Å². The number of hydrogen-bond acceptors (Lipinski definition) is 3. The van der Waals surface area contributed by atoms with Gasteiger partial charge in [0.2, 0.25) is 0 Å². The van der Waals surface area contributed by atoms with E-state index in [2.05, 4.69) is 103 Å². The van der Waals surface area contributed by atoms with E-state index < -0.39 is 0 Å². The average Bonchev–Trinajstić information content (AvgIpc) is 3.68. The minimum Gasteiger partial charge on any atom is -0.318 e. The molecular weight excluding hydrogens is 468 g/mol. The minimum atomic E-state index is 0.429. The molecule has 2 aliphatic rings. The maximum Gasteiger partial charge on any atom is 0.0482 e. The molecule has 0 bridgehead atoms. The minimum absolute atomic E-state index is 0.429. The summed E-state index contributed by atoms with van der Waals surface area (Å²) in [5.41, 5.74) is 5.58. The van der Waals surface area contributed by atoms with Gasteiger partial charge in [0, 0.05) is 34.5 Å². The Morgan fingerprint density at radius 2 is 1.86 bits per heavy atom. The van der Waals surface area contributed by atoms with Crippen molar-refractivity contribution in [2.24, 2.45) is 0 Å². The molecule has 2 atom stereocenters. The van der Waals surface area contributed by atoms with E-state index in [4.69, 9.17) is 12.2 Å². The second-order valence-corrected chi connectivity index (χ2v) is 9.77. The lowest BCUT2D eigenvalue weighted by Crippen LogP contribution is -2.15. The van der Waals surface area contributed by atoms with E-state index in [0.29, 0.717) is 12.1 Å². The van der Waals surface area contributed by atoms with Crippen molar-refractivity contribution in [3.8, 4) is 0 Å².